The first-order valence-corrected chi connectivity index (χ1v) is 11.4. The second-order valence-electron chi connectivity index (χ2n) is 7.51. The molecule has 0 unspecified atom stereocenters. The molecule has 0 aliphatic rings. The number of fused-ring (bicyclic) bond motifs is 1. The van der Waals surface area contributed by atoms with Crippen molar-refractivity contribution in [2.45, 2.75) is 20.0 Å². The molecule has 0 radical (unpaired) electrons. The lowest BCUT2D eigenvalue weighted by Gasteiger charge is -2.15. The Bertz CT molecular complexity index is 1370. The average molecular weight is 478 g/mol. The smallest absolute Gasteiger partial charge is 0.338 e. The minimum absolute atomic E-state index is 0.200. The SMILES string of the molecule is CCOC(=O)c1ccc(NC(=O)Cn2cnc3nc(N(C)Cc4ccccc4)sc3c2=O)cc1. The fourth-order valence-electron chi connectivity index (χ4n) is 3.30. The summed E-state index contributed by atoms with van der Waals surface area (Å²) in [6.45, 7) is 2.46. The van der Waals surface area contributed by atoms with Crippen molar-refractivity contribution in [2.75, 3.05) is 23.9 Å². The third-order valence-electron chi connectivity index (χ3n) is 4.96. The highest BCUT2D eigenvalue weighted by molar-refractivity contribution is 7.22. The van der Waals surface area contributed by atoms with E-state index in [4.69, 9.17) is 4.74 Å². The van der Waals surface area contributed by atoms with E-state index in [2.05, 4.69) is 15.3 Å². The summed E-state index contributed by atoms with van der Waals surface area (Å²) < 4.78 is 6.59. The first-order chi connectivity index (χ1) is 16.4. The highest BCUT2D eigenvalue weighted by Gasteiger charge is 2.15. The largest absolute Gasteiger partial charge is 0.462 e. The van der Waals surface area contributed by atoms with Crippen molar-refractivity contribution >= 4 is 44.4 Å². The zero-order valence-electron chi connectivity index (χ0n) is 18.7. The molecule has 0 aliphatic heterocycles. The number of esters is 1. The molecule has 2 aromatic carbocycles. The van der Waals surface area contributed by atoms with Crippen molar-refractivity contribution < 1.29 is 14.3 Å². The molecule has 0 saturated heterocycles. The average Bonchev–Trinajstić information content (AvgIpc) is 3.28. The molecule has 1 amide bonds. The zero-order valence-corrected chi connectivity index (χ0v) is 19.5. The maximum absolute atomic E-state index is 12.9. The second-order valence-corrected chi connectivity index (χ2v) is 8.49. The van der Waals surface area contributed by atoms with Crippen LogP contribution in [0.25, 0.3) is 10.3 Å². The van der Waals surface area contributed by atoms with Gasteiger partial charge in [0.15, 0.2) is 10.8 Å². The number of carbonyl (C=O) groups excluding carboxylic acids is 2. The van der Waals surface area contributed by atoms with Gasteiger partial charge in [-0.15, -0.1) is 0 Å². The van der Waals surface area contributed by atoms with E-state index in [0.717, 1.165) is 5.56 Å². The lowest BCUT2D eigenvalue weighted by Crippen LogP contribution is -2.27. The minimum atomic E-state index is -0.426. The Labute approximate surface area is 199 Å². The number of amides is 1. The molecule has 9 nitrogen and oxygen atoms in total. The summed E-state index contributed by atoms with van der Waals surface area (Å²) in [6, 6.07) is 16.3. The third-order valence-corrected chi connectivity index (χ3v) is 6.10. The Kier molecular flexibility index (Phi) is 6.98. The number of hydrogen-bond acceptors (Lipinski definition) is 8. The van der Waals surface area contributed by atoms with Crippen molar-refractivity contribution in [3.05, 3.63) is 82.4 Å². The molecule has 10 heteroatoms. The van der Waals surface area contributed by atoms with Gasteiger partial charge in [-0.3, -0.25) is 14.2 Å². The van der Waals surface area contributed by atoms with Crippen LogP contribution in [0.2, 0.25) is 0 Å². The highest BCUT2D eigenvalue weighted by Crippen LogP contribution is 2.25. The molecule has 4 rings (SSSR count). The molecule has 2 aromatic heterocycles. The first kappa shape index (κ1) is 23.1. The van der Waals surface area contributed by atoms with Crippen LogP contribution in [0, 0.1) is 0 Å². The number of benzene rings is 2. The van der Waals surface area contributed by atoms with Gasteiger partial charge in [0.25, 0.3) is 5.56 Å². The molecular formula is C24H23N5O4S. The number of thiazole rings is 1. The second kappa shape index (κ2) is 10.3. The standard InChI is InChI=1S/C24H23N5O4S/c1-3-33-23(32)17-9-11-18(12-10-17)26-19(30)14-29-15-25-21-20(22(29)31)34-24(27-21)28(2)13-16-7-5-4-6-8-16/h4-12,15H,3,13-14H2,1-2H3,(H,26,30). The van der Waals surface area contributed by atoms with E-state index < -0.39 is 11.9 Å². The van der Waals surface area contributed by atoms with Gasteiger partial charge in [-0.25, -0.2) is 9.78 Å². The molecule has 0 bridgehead atoms. The molecule has 0 fully saturated rings. The van der Waals surface area contributed by atoms with Gasteiger partial charge in [0, 0.05) is 19.3 Å². The number of carbonyl (C=O) groups is 2. The number of hydrogen-bond donors (Lipinski definition) is 1. The van der Waals surface area contributed by atoms with Gasteiger partial charge in [-0.1, -0.05) is 41.7 Å². The van der Waals surface area contributed by atoms with Crippen molar-refractivity contribution in [2.24, 2.45) is 0 Å². The first-order valence-electron chi connectivity index (χ1n) is 10.6. The lowest BCUT2D eigenvalue weighted by molar-refractivity contribution is -0.116. The summed E-state index contributed by atoms with van der Waals surface area (Å²) >= 11 is 1.25. The van der Waals surface area contributed by atoms with E-state index in [1.165, 1.54) is 22.2 Å². The van der Waals surface area contributed by atoms with Crippen LogP contribution >= 0.6 is 11.3 Å². The summed E-state index contributed by atoms with van der Waals surface area (Å²) in [6.07, 6.45) is 1.33. The predicted molar refractivity (Wildman–Crippen MR) is 131 cm³/mol. The molecule has 2 heterocycles. The topological polar surface area (TPSA) is 106 Å². The van der Waals surface area contributed by atoms with Crippen LogP contribution in [0.3, 0.4) is 0 Å². The Morgan fingerprint density at radius 2 is 1.85 bits per heavy atom. The van der Waals surface area contributed by atoms with E-state index in [-0.39, 0.29) is 18.7 Å². The molecule has 0 saturated carbocycles. The number of nitrogens with zero attached hydrogens (tertiary/aromatic N) is 4. The van der Waals surface area contributed by atoms with Gasteiger partial charge in [0.05, 0.1) is 12.2 Å². The third kappa shape index (κ3) is 5.29. The number of ether oxygens (including phenoxy) is 1. The molecule has 4 aromatic rings. The molecule has 34 heavy (non-hydrogen) atoms. The Morgan fingerprint density at radius 1 is 1.12 bits per heavy atom. The van der Waals surface area contributed by atoms with Gasteiger partial charge in [0.2, 0.25) is 5.91 Å². The van der Waals surface area contributed by atoms with Crippen molar-refractivity contribution in [1.82, 2.24) is 14.5 Å². The van der Waals surface area contributed by atoms with Crippen LogP contribution in [-0.2, 0) is 22.6 Å². The van der Waals surface area contributed by atoms with Crippen molar-refractivity contribution in [3.63, 3.8) is 0 Å². The highest BCUT2D eigenvalue weighted by atomic mass is 32.1. The summed E-state index contributed by atoms with van der Waals surface area (Å²) in [7, 11) is 1.91. The molecule has 174 valence electrons. The monoisotopic (exact) mass is 477 g/mol. The number of anilines is 2. The number of nitrogens with one attached hydrogen (secondary N) is 1. The van der Waals surface area contributed by atoms with Crippen molar-refractivity contribution in [3.8, 4) is 0 Å². The fourth-order valence-corrected chi connectivity index (χ4v) is 4.22. The van der Waals surface area contributed by atoms with Crippen LogP contribution < -0.4 is 15.8 Å². The molecule has 1 N–H and O–H groups in total. The van der Waals surface area contributed by atoms with E-state index in [9.17, 15) is 14.4 Å². The summed E-state index contributed by atoms with van der Waals surface area (Å²) in [4.78, 5) is 47.9. The maximum Gasteiger partial charge on any atom is 0.338 e. The van der Waals surface area contributed by atoms with E-state index in [1.807, 2.05) is 42.3 Å². The van der Waals surface area contributed by atoms with Crippen LogP contribution in [0.4, 0.5) is 10.8 Å². The Balaban J connectivity index is 1.45. The van der Waals surface area contributed by atoms with Gasteiger partial charge in [-0.05, 0) is 36.8 Å². The minimum Gasteiger partial charge on any atom is -0.462 e. The van der Waals surface area contributed by atoms with Gasteiger partial charge in [-0.2, -0.15) is 4.98 Å². The molecule has 0 atom stereocenters. The molecular weight excluding hydrogens is 454 g/mol. The Morgan fingerprint density at radius 3 is 2.56 bits per heavy atom. The normalized spacial score (nSPS) is 10.8. The fraction of sp³-hybridized carbons (Fsp3) is 0.208. The van der Waals surface area contributed by atoms with Crippen LogP contribution in [0.1, 0.15) is 22.8 Å². The van der Waals surface area contributed by atoms with Crippen LogP contribution in [0.5, 0.6) is 0 Å². The summed E-state index contributed by atoms with van der Waals surface area (Å²) in [5.74, 6) is -0.817. The molecule has 0 aliphatic carbocycles. The maximum atomic E-state index is 12.9. The van der Waals surface area contributed by atoms with Gasteiger partial charge >= 0.3 is 5.97 Å². The van der Waals surface area contributed by atoms with E-state index in [1.54, 1.807) is 31.2 Å². The zero-order chi connectivity index (χ0) is 24.1. The number of aromatic nitrogens is 3. The van der Waals surface area contributed by atoms with Crippen LogP contribution in [0.15, 0.2) is 65.7 Å². The molecule has 0 spiro atoms. The van der Waals surface area contributed by atoms with Gasteiger partial charge < -0.3 is 15.0 Å². The van der Waals surface area contributed by atoms with E-state index in [0.29, 0.717) is 33.3 Å². The van der Waals surface area contributed by atoms with Crippen LogP contribution in [-0.4, -0.2) is 40.1 Å². The van der Waals surface area contributed by atoms with Gasteiger partial charge in [0.1, 0.15) is 17.6 Å². The predicted octanol–water partition coefficient (Wildman–Crippen LogP) is 3.30. The van der Waals surface area contributed by atoms with E-state index >= 15 is 0 Å². The summed E-state index contributed by atoms with van der Waals surface area (Å²) in [5, 5.41) is 3.39. The quantitative estimate of drug-likeness (QED) is 0.388. The van der Waals surface area contributed by atoms with Crippen molar-refractivity contribution in [1.29, 1.82) is 0 Å². The summed E-state index contributed by atoms with van der Waals surface area (Å²) in [5.41, 5.74) is 2.05. The number of rotatable bonds is 8. The lowest BCUT2D eigenvalue weighted by atomic mass is 10.2. The Hall–Kier alpha value is -4.05.